The van der Waals surface area contributed by atoms with E-state index < -0.39 is 17.7 Å². The van der Waals surface area contributed by atoms with Crippen LogP contribution in [-0.2, 0) is 0 Å². The molecule has 0 spiro atoms. The van der Waals surface area contributed by atoms with E-state index in [-0.39, 0.29) is 5.54 Å². The second-order valence-electron chi connectivity index (χ2n) is 6.02. The van der Waals surface area contributed by atoms with Crippen molar-refractivity contribution >= 4 is 0 Å². The number of nitrogens with one attached hydrogen (secondary N) is 1. The summed E-state index contributed by atoms with van der Waals surface area (Å²) >= 11 is 0. The monoisotopic (exact) mass is 297 g/mol. The Morgan fingerprint density at radius 3 is 2.52 bits per heavy atom. The minimum atomic E-state index is -0.448. The third-order valence-corrected chi connectivity index (χ3v) is 4.85. The molecule has 1 aromatic carbocycles. The summed E-state index contributed by atoms with van der Waals surface area (Å²) in [6.07, 6.45) is 4.31. The van der Waals surface area contributed by atoms with E-state index in [0.717, 1.165) is 38.4 Å². The summed E-state index contributed by atoms with van der Waals surface area (Å²) in [5.74, 6) is 4.87. The zero-order valence-electron chi connectivity index (χ0n) is 12.8. The lowest BCUT2D eigenvalue weighted by molar-refractivity contribution is 0.0412. The second-order valence-corrected chi connectivity index (χ2v) is 6.02. The van der Waals surface area contributed by atoms with E-state index in [2.05, 4.69) is 24.2 Å². The maximum Gasteiger partial charge on any atom is 0.128 e. The van der Waals surface area contributed by atoms with Gasteiger partial charge in [0.05, 0.1) is 6.04 Å². The fourth-order valence-corrected chi connectivity index (χ4v) is 3.36. The van der Waals surface area contributed by atoms with Crippen molar-refractivity contribution in [3.63, 3.8) is 0 Å². The Kier molecular flexibility index (Phi) is 5.30. The second kappa shape index (κ2) is 6.81. The molecule has 118 valence electrons. The molecule has 0 radical (unpaired) electrons. The molecule has 1 heterocycles. The van der Waals surface area contributed by atoms with Gasteiger partial charge < -0.3 is 0 Å². The number of halogens is 2. The van der Waals surface area contributed by atoms with Gasteiger partial charge in [0.25, 0.3) is 0 Å². The molecular formula is C16H25F2N3. The summed E-state index contributed by atoms with van der Waals surface area (Å²) in [6, 6.07) is 3.10. The highest BCUT2D eigenvalue weighted by Crippen LogP contribution is 2.36. The highest BCUT2D eigenvalue weighted by Gasteiger charge is 2.40. The highest BCUT2D eigenvalue weighted by atomic mass is 19.1. The number of nitrogens with zero attached hydrogens (tertiary/aromatic N) is 1. The Balaban J connectivity index is 2.38. The Labute approximate surface area is 125 Å². The van der Waals surface area contributed by atoms with Crippen LogP contribution in [0.25, 0.3) is 0 Å². The van der Waals surface area contributed by atoms with Gasteiger partial charge in [-0.15, -0.1) is 0 Å². The van der Waals surface area contributed by atoms with Crippen LogP contribution in [0.3, 0.4) is 0 Å². The lowest BCUT2D eigenvalue weighted by atomic mass is 9.82. The van der Waals surface area contributed by atoms with E-state index in [1.54, 1.807) is 0 Å². The van der Waals surface area contributed by atoms with Gasteiger partial charge in [-0.1, -0.05) is 13.3 Å². The zero-order chi connectivity index (χ0) is 15.5. The quantitative estimate of drug-likeness (QED) is 0.648. The van der Waals surface area contributed by atoms with Gasteiger partial charge in [0.2, 0.25) is 0 Å². The van der Waals surface area contributed by atoms with Crippen LogP contribution in [0.4, 0.5) is 8.78 Å². The van der Waals surface area contributed by atoms with Gasteiger partial charge in [-0.3, -0.25) is 16.2 Å². The van der Waals surface area contributed by atoms with Crippen molar-refractivity contribution in [2.75, 3.05) is 13.1 Å². The average Bonchev–Trinajstić information content (AvgIpc) is 2.52. The molecule has 1 aromatic rings. The molecule has 2 atom stereocenters. The fraction of sp³-hybridized carbons (Fsp3) is 0.625. The van der Waals surface area contributed by atoms with Crippen molar-refractivity contribution < 1.29 is 8.78 Å². The summed E-state index contributed by atoms with van der Waals surface area (Å²) < 4.78 is 27.7. The minimum absolute atomic E-state index is 0.299. The van der Waals surface area contributed by atoms with Crippen molar-refractivity contribution in [2.24, 2.45) is 5.84 Å². The summed E-state index contributed by atoms with van der Waals surface area (Å²) in [6.45, 7) is 6.09. The fourth-order valence-electron chi connectivity index (χ4n) is 3.36. The molecule has 0 amide bonds. The SMILES string of the molecule is CCC(C)(C(NN)c1cc(F)ccc1F)N1CCCCC1. The number of benzene rings is 1. The van der Waals surface area contributed by atoms with Crippen molar-refractivity contribution in [2.45, 2.75) is 51.1 Å². The average molecular weight is 297 g/mol. The van der Waals surface area contributed by atoms with Crippen molar-refractivity contribution in [3.8, 4) is 0 Å². The smallest absolute Gasteiger partial charge is 0.128 e. The Bertz CT molecular complexity index is 475. The molecular weight excluding hydrogens is 272 g/mol. The molecule has 2 rings (SSSR count). The van der Waals surface area contributed by atoms with E-state index in [1.807, 2.05) is 0 Å². The number of hydrogen-bond acceptors (Lipinski definition) is 3. The number of hydrogen-bond donors (Lipinski definition) is 2. The molecule has 3 nitrogen and oxygen atoms in total. The molecule has 0 bridgehead atoms. The third-order valence-electron chi connectivity index (χ3n) is 4.85. The first-order valence-corrected chi connectivity index (χ1v) is 7.69. The molecule has 0 aromatic heterocycles. The first kappa shape index (κ1) is 16.3. The molecule has 1 saturated heterocycles. The Hall–Kier alpha value is -1.04. The third kappa shape index (κ3) is 3.25. The van der Waals surface area contributed by atoms with Crippen LogP contribution >= 0.6 is 0 Å². The maximum atomic E-state index is 14.2. The molecule has 1 fully saturated rings. The van der Waals surface area contributed by atoms with Gasteiger partial charge in [-0.2, -0.15) is 0 Å². The first-order chi connectivity index (χ1) is 10.0. The molecule has 21 heavy (non-hydrogen) atoms. The largest absolute Gasteiger partial charge is 0.296 e. The van der Waals surface area contributed by atoms with E-state index in [1.165, 1.54) is 18.6 Å². The summed E-state index contributed by atoms with van der Waals surface area (Å²) in [4.78, 5) is 2.35. The minimum Gasteiger partial charge on any atom is -0.296 e. The van der Waals surface area contributed by atoms with Crippen LogP contribution in [0.1, 0.15) is 51.1 Å². The van der Waals surface area contributed by atoms with Crippen LogP contribution in [0.2, 0.25) is 0 Å². The summed E-state index contributed by atoms with van der Waals surface area (Å²) in [5, 5.41) is 0. The predicted molar refractivity (Wildman–Crippen MR) is 80.5 cm³/mol. The standard InChI is InChI=1S/C16H25F2N3/c1-3-16(2,21-9-5-4-6-10-21)15(20-19)13-11-12(17)7-8-14(13)18/h7-8,11,15,20H,3-6,9-10,19H2,1-2H3. The number of likely N-dealkylation sites (tertiary alicyclic amines) is 1. The Morgan fingerprint density at radius 2 is 1.95 bits per heavy atom. The van der Waals surface area contributed by atoms with Gasteiger partial charge in [0, 0.05) is 11.1 Å². The molecule has 3 N–H and O–H groups in total. The van der Waals surface area contributed by atoms with Crippen LogP contribution in [-0.4, -0.2) is 23.5 Å². The molecule has 1 aliphatic heterocycles. The normalized spacial score (nSPS) is 21.0. The van der Waals surface area contributed by atoms with E-state index >= 15 is 0 Å². The number of piperidine rings is 1. The molecule has 5 heteroatoms. The van der Waals surface area contributed by atoms with Crippen molar-refractivity contribution in [3.05, 3.63) is 35.4 Å². The zero-order valence-corrected chi connectivity index (χ0v) is 12.8. The van der Waals surface area contributed by atoms with Gasteiger partial charge in [0.15, 0.2) is 0 Å². The van der Waals surface area contributed by atoms with Crippen molar-refractivity contribution in [1.82, 2.24) is 10.3 Å². The van der Waals surface area contributed by atoms with Crippen LogP contribution in [0.5, 0.6) is 0 Å². The van der Waals surface area contributed by atoms with E-state index in [4.69, 9.17) is 5.84 Å². The lowest BCUT2D eigenvalue weighted by Gasteiger charge is -2.48. The van der Waals surface area contributed by atoms with Gasteiger partial charge in [-0.25, -0.2) is 8.78 Å². The van der Waals surface area contributed by atoms with Gasteiger partial charge >= 0.3 is 0 Å². The Morgan fingerprint density at radius 1 is 1.29 bits per heavy atom. The van der Waals surface area contributed by atoms with Crippen LogP contribution < -0.4 is 11.3 Å². The van der Waals surface area contributed by atoms with Gasteiger partial charge in [0.1, 0.15) is 11.6 Å². The van der Waals surface area contributed by atoms with Gasteiger partial charge in [-0.05, 0) is 57.5 Å². The molecule has 0 aliphatic carbocycles. The maximum absolute atomic E-state index is 14.2. The predicted octanol–water partition coefficient (Wildman–Crippen LogP) is 3.12. The van der Waals surface area contributed by atoms with Crippen LogP contribution in [0, 0.1) is 11.6 Å². The van der Waals surface area contributed by atoms with Crippen LogP contribution in [0.15, 0.2) is 18.2 Å². The van der Waals surface area contributed by atoms with Crippen molar-refractivity contribution in [1.29, 1.82) is 0 Å². The number of hydrazine groups is 1. The molecule has 0 saturated carbocycles. The summed E-state index contributed by atoms with van der Waals surface area (Å²) in [7, 11) is 0. The first-order valence-electron chi connectivity index (χ1n) is 7.69. The topological polar surface area (TPSA) is 41.3 Å². The number of nitrogens with two attached hydrogens (primary N) is 1. The lowest BCUT2D eigenvalue weighted by Crippen LogP contribution is -2.57. The molecule has 2 unspecified atom stereocenters. The molecule has 1 aliphatic rings. The highest BCUT2D eigenvalue weighted by molar-refractivity contribution is 5.26. The van der Waals surface area contributed by atoms with E-state index in [0.29, 0.717) is 5.56 Å². The van der Waals surface area contributed by atoms with E-state index in [9.17, 15) is 8.78 Å². The summed E-state index contributed by atoms with van der Waals surface area (Å²) in [5.41, 5.74) is 2.68. The number of rotatable bonds is 5.